The Bertz CT molecular complexity index is 887. The summed E-state index contributed by atoms with van der Waals surface area (Å²) in [5, 5.41) is 7.56. The summed E-state index contributed by atoms with van der Waals surface area (Å²) in [6.45, 7) is 0.686. The molecule has 1 amide bonds. The fraction of sp³-hybridized carbons (Fsp3) is 0.111. The molecule has 1 aromatic heterocycles. The van der Waals surface area contributed by atoms with E-state index >= 15 is 0 Å². The van der Waals surface area contributed by atoms with Gasteiger partial charge in [-0.25, -0.2) is 0 Å². The van der Waals surface area contributed by atoms with Crippen molar-refractivity contribution >= 4 is 23.2 Å². The first-order valence-electron chi connectivity index (χ1n) is 7.44. The summed E-state index contributed by atoms with van der Waals surface area (Å²) < 4.78 is 0. The molecule has 3 aromatic rings. The predicted molar refractivity (Wildman–Crippen MR) is 90.9 cm³/mol. The van der Waals surface area contributed by atoms with Crippen LogP contribution in [-0.2, 0) is 6.42 Å². The van der Waals surface area contributed by atoms with Crippen LogP contribution in [0.4, 0.5) is 5.69 Å². The van der Waals surface area contributed by atoms with E-state index in [2.05, 4.69) is 16.3 Å². The lowest BCUT2D eigenvalue weighted by Crippen LogP contribution is -2.29. The second-order valence-corrected chi connectivity index (χ2v) is 5.88. The third-order valence-electron chi connectivity index (χ3n) is 4.15. The number of carbonyl (C=O) groups excluding carboxylic acids is 1. The molecular weight excluding hydrogens is 310 g/mol. The lowest BCUT2D eigenvalue weighted by Gasteiger charge is -2.17. The zero-order chi connectivity index (χ0) is 15.8. The number of amides is 1. The molecular formula is C18H14ClN3O. The SMILES string of the molecule is O=C(c1cn[nH]c1-c1ccccc1Cl)N1CCc2ccccc21. The largest absolute Gasteiger partial charge is 0.308 e. The van der Waals surface area contributed by atoms with E-state index in [1.54, 1.807) is 17.2 Å². The molecule has 2 heterocycles. The highest BCUT2D eigenvalue weighted by molar-refractivity contribution is 6.33. The molecule has 0 saturated heterocycles. The number of hydrogen-bond donors (Lipinski definition) is 1. The molecule has 2 aromatic carbocycles. The van der Waals surface area contributed by atoms with Gasteiger partial charge in [0.05, 0.1) is 17.5 Å². The summed E-state index contributed by atoms with van der Waals surface area (Å²) >= 11 is 6.26. The van der Waals surface area contributed by atoms with Crippen LogP contribution in [0.1, 0.15) is 15.9 Å². The number of hydrogen-bond acceptors (Lipinski definition) is 2. The Morgan fingerprint density at radius 3 is 2.78 bits per heavy atom. The molecule has 0 unspecified atom stereocenters. The number of carbonyl (C=O) groups is 1. The molecule has 23 heavy (non-hydrogen) atoms. The number of H-pyrrole nitrogens is 1. The molecule has 1 N–H and O–H groups in total. The number of aromatic nitrogens is 2. The summed E-state index contributed by atoms with van der Waals surface area (Å²) in [5.41, 5.74) is 4.15. The molecule has 1 aliphatic heterocycles. The van der Waals surface area contributed by atoms with Crippen molar-refractivity contribution in [1.29, 1.82) is 0 Å². The quantitative estimate of drug-likeness (QED) is 0.776. The number of para-hydroxylation sites is 1. The van der Waals surface area contributed by atoms with E-state index in [0.29, 0.717) is 22.8 Å². The molecule has 0 aliphatic carbocycles. The minimum absolute atomic E-state index is 0.0568. The molecule has 0 fully saturated rings. The van der Waals surface area contributed by atoms with Gasteiger partial charge in [0, 0.05) is 22.8 Å². The summed E-state index contributed by atoms with van der Waals surface area (Å²) in [4.78, 5) is 14.8. The second-order valence-electron chi connectivity index (χ2n) is 5.47. The monoisotopic (exact) mass is 323 g/mol. The summed E-state index contributed by atoms with van der Waals surface area (Å²) in [5.74, 6) is -0.0568. The lowest BCUT2D eigenvalue weighted by molar-refractivity contribution is 0.0990. The van der Waals surface area contributed by atoms with Crippen LogP contribution in [0.2, 0.25) is 5.02 Å². The first kappa shape index (κ1) is 14.0. The number of fused-ring (bicyclic) bond motifs is 1. The number of nitrogens with zero attached hydrogens (tertiary/aromatic N) is 2. The number of benzene rings is 2. The van der Waals surface area contributed by atoms with E-state index in [4.69, 9.17) is 11.6 Å². The van der Waals surface area contributed by atoms with Gasteiger partial charge < -0.3 is 4.90 Å². The second kappa shape index (κ2) is 5.56. The first-order valence-corrected chi connectivity index (χ1v) is 7.81. The molecule has 4 rings (SSSR count). The van der Waals surface area contributed by atoms with Crippen molar-refractivity contribution in [3.05, 3.63) is 70.9 Å². The minimum Gasteiger partial charge on any atom is -0.308 e. The Morgan fingerprint density at radius 2 is 1.91 bits per heavy atom. The van der Waals surface area contributed by atoms with Gasteiger partial charge in [-0.1, -0.05) is 48.0 Å². The number of aromatic amines is 1. The van der Waals surface area contributed by atoms with Crippen LogP contribution in [0, 0.1) is 0 Å². The van der Waals surface area contributed by atoms with Gasteiger partial charge in [0.15, 0.2) is 0 Å². The maximum Gasteiger partial charge on any atom is 0.262 e. The van der Waals surface area contributed by atoms with E-state index in [1.807, 2.05) is 36.4 Å². The van der Waals surface area contributed by atoms with Gasteiger partial charge in [0.1, 0.15) is 0 Å². The van der Waals surface area contributed by atoms with Crippen molar-refractivity contribution in [2.45, 2.75) is 6.42 Å². The lowest BCUT2D eigenvalue weighted by atomic mass is 10.1. The highest BCUT2D eigenvalue weighted by Gasteiger charge is 2.28. The van der Waals surface area contributed by atoms with Gasteiger partial charge in [0.2, 0.25) is 0 Å². The predicted octanol–water partition coefficient (Wildman–Crippen LogP) is 3.93. The minimum atomic E-state index is -0.0568. The Hall–Kier alpha value is -2.59. The topological polar surface area (TPSA) is 49.0 Å². The zero-order valence-corrected chi connectivity index (χ0v) is 13.0. The standard InChI is InChI=1S/C18H14ClN3O/c19-15-7-3-2-6-13(15)17-14(11-20-21-17)18(23)22-10-9-12-5-1-4-8-16(12)22/h1-8,11H,9-10H2,(H,20,21). The van der Waals surface area contributed by atoms with Gasteiger partial charge in [-0.2, -0.15) is 5.10 Å². The van der Waals surface area contributed by atoms with Gasteiger partial charge in [-0.15, -0.1) is 0 Å². The summed E-state index contributed by atoms with van der Waals surface area (Å²) in [6.07, 6.45) is 2.45. The third-order valence-corrected chi connectivity index (χ3v) is 4.47. The van der Waals surface area contributed by atoms with Crippen molar-refractivity contribution in [1.82, 2.24) is 10.2 Å². The van der Waals surface area contributed by atoms with E-state index < -0.39 is 0 Å². The number of rotatable bonds is 2. The maximum absolute atomic E-state index is 13.0. The van der Waals surface area contributed by atoms with Gasteiger partial charge in [-0.3, -0.25) is 9.89 Å². The molecule has 0 atom stereocenters. The van der Waals surface area contributed by atoms with Crippen LogP contribution in [0.25, 0.3) is 11.3 Å². The normalized spacial score (nSPS) is 13.2. The van der Waals surface area contributed by atoms with Crippen LogP contribution in [0.5, 0.6) is 0 Å². The van der Waals surface area contributed by atoms with Crippen molar-refractivity contribution in [3.8, 4) is 11.3 Å². The Labute approximate surface area is 138 Å². The fourth-order valence-corrected chi connectivity index (χ4v) is 3.24. The Kier molecular flexibility index (Phi) is 3.39. The Balaban J connectivity index is 1.75. The van der Waals surface area contributed by atoms with Crippen LogP contribution in [0.15, 0.2) is 54.7 Å². The highest BCUT2D eigenvalue weighted by atomic mass is 35.5. The molecule has 114 valence electrons. The third kappa shape index (κ3) is 2.32. The first-order chi connectivity index (χ1) is 11.3. The van der Waals surface area contributed by atoms with Gasteiger partial charge in [-0.05, 0) is 24.1 Å². The van der Waals surface area contributed by atoms with Crippen LogP contribution >= 0.6 is 11.6 Å². The van der Waals surface area contributed by atoms with Gasteiger partial charge >= 0.3 is 0 Å². The van der Waals surface area contributed by atoms with E-state index in [1.165, 1.54) is 5.56 Å². The summed E-state index contributed by atoms with van der Waals surface area (Å²) in [7, 11) is 0. The molecule has 0 saturated carbocycles. The molecule has 0 spiro atoms. The smallest absolute Gasteiger partial charge is 0.262 e. The van der Waals surface area contributed by atoms with E-state index in [-0.39, 0.29) is 5.91 Å². The van der Waals surface area contributed by atoms with Crippen LogP contribution < -0.4 is 4.90 Å². The molecule has 0 radical (unpaired) electrons. The van der Waals surface area contributed by atoms with E-state index in [9.17, 15) is 4.79 Å². The van der Waals surface area contributed by atoms with Crippen molar-refractivity contribution < 1.29 is 4.79 Å². The number of anilines is 1. The van der Waals surface area contributed by atoms with E-state index in [0.717, 1.165) is 17.7 Å². The summed E-state index contributed by atoms with van der Waals surface area (Å²) in [6, 6.07) is 15.4. The Morgan fingerprint density at radius 1 is 1.13 bits per heavy atom. The zero-order valence-electron chi connectivity index (χ0n) is 12.3. The average molecular weight is 324 g/mol. The van der Waals surface area contributed by atoms with Crippen molar-refractivity contribution in [2.24, 2.45) is 0 Å². The van der Waals surface area contributed by atoms with Crippen LogP contribution in [0.3, 0.4) is 0 Å². The fourth-order valence-electron chi connectivity index (χ4n) is 3.01. The molecule has 1 aliphatic rings. The van der Waals surface area contributed by atoms with Crippen LogP contribution in [-0.4, -0.2) is 22.6 Å². The highest BCUT2D eigenvalue weighted by Crippen LogP contribution is 2.33. The van der Waals surface area contributed by atoms with Crippen molar-refractivity contribution in [2.75, 3.05) is 11.4 Å². The van der Waals surface area contributed by atoms with Gasteiger partial charge in [0.25, 0.3) is 5.91 Å². The number of halogens is 1. The molecule has 4 nitrogen and oxygen atoms in total. The molecule has 0 bridgehead atoms. The maximum atomic E-state index is 13.0. The average Bonchev–Trinajstić information content (AvgIpc) is 3.22. The number of nitrogens with one attached hydrogen (secondary N) is 1. The molecule has 5 heteroatoms. The van der Waals surface area contributed by atoms with Crippen molar-refractivity contribution in [3.63, 3.8) is 0 Å².